The molecule has 4 aromatic rings. The van der Waals surface area contributed by atoms with Crippen LogP contribution < -0.4 is 10.1 Å². The van der Waals surface area contributed by atoms with E-state index in [1.165, 1.54) is 0 Å². The molecule has 0 fully saturated rings. The first-order valence-corrected chi connectivity index (χ1v) is 9.75. The predicted octanol–water partition coefficient (Wildman–Crippen LogP) is 5.07. The first-order valence-electron chi connectivity index (χ1n) is 8.93. The number of ether oxygens (including phenoxy) is 1. The summed E-state index contributed by atoms with van der Waals surface area (Å²) < 4.78 is 7.16. The second kappa shape index (κ2) is 7.50. The molecule has 0 saturated heterocycles. The average molecular weight is 379 g/mol. The summed E-state index contributed by atoms with van der Waals surface area (Å²) in [5.74, 6) is 1.86. The fourth-order valence-corrected chi connectivity index (χ4v) is 3.85. The van der Waals surface area contributed by atoms with Crippen LogP contribution in [0.15, 0.2) is 54.7 Å². The number of thiazole rings is 1. The number of anilines is 1. The first kappa shape index (κ1) is 17.7. The Labute approximate surface area is 161 Å². The van der Waals surface area contributed by atoms with E-state index in [1.54, 1.807) is 17.5 Å². The van der Waals surface area contributed by atoms with Crippen LogP contribution in [-0.2, 0) is 0 Å². The Hall–Kier alpha value is -2.70. The van der Waals surface area contributed by atoms with Crippen LogP contribution in [0, 0.1) is 5.92 Å². The second-order valence-electron chi connectivity index (χ2n) is 6.75. The van der Waals surface area contributed by atoms with Gasteiger partial charge in [-0.25, -0.2) is 4.98 Å². The highest BCUT2D eigenvalue weighted by Gasteiger charge is 2.14. The molecule has 0 aliphatic carbocycles. The van der Waals surface area contributed by atoms with Crippen LogP contribution in [0.5, 0.6) is 11.5 Å². The van der Waals surface area contributed by atoms with Gasteiger partial charge in [-0.2, -0.15) is 0 Å². The van der Waals surface area contributed by atoms with Gasteiger partial charge in [-0.1, -0.05) is 37.3 Å². The molecule has 0 radical (unpaired) electrons. The molecule has 2 aromatic carbocycles. The number of aliphatic hydroxyl groups excluding tert-OH is 1. The predicted molar refractivity (Wildman–Crippen MR) is 111 cm³/mol. The molecule has 0 bridgehead atoms. The standard InChI is InChI=1S/C21H21N3O2S/c1-13(2)18(12-25)24-21-23-17-8-7-14(11-20(17)27-21)26-19-9-10-22-16-6-4-3-5-15(16)19/h3-11,13,18,25H,12H2,1-2H3,(H,23,24)/t18-/m1/s1. The molecule has 27 heavy (non-hydrogen) atoms. The summed E-state index contributed by atoms with van der Waals surface area (Å²) in [6.45, 7) is 4.23. The van der Waals surface area contributed by atoms with E-state index in [4.69, 9.17) is 4.74 Å². The zero-order chi connectivity index (χ0) is 18.8. The Kier molecular flexibility index (Phi) is 4.92. The molecular weight excluding hydrogens is 358 g/mol. The van der Waals surface area contributed by atoms with Crippen molar-refractivity contribution in [3.05, 3.63) is 54.7 Å². The lowest BCUT2D eigenvalue weighted by Gasteiger charge is -2.18. The largest absolute Gasteiger partial charge is 0.457 e. The van der Waals surface area contributed by atoms with E-state index in [9.17, 15) is 5.11 Å². The third kappa shape index (κ3) is 3.72. The molecule has 0 saturated carbocycles. The number of hydrogen-bond donors (Lipinski definition) is 2. The van der Waals surface area contributed by atoms with Gasteiger partial charge in [0.1, 0.15) is 11.5 Å². The lowest BCUT2D eigenvalue weighted by Crippen LogP contribution is -2.29. The summed E-state index contributed by atoms with van der Waals surface area (Å²) in [4.78, 5) is 8.98. The Morgan fingerprint density at radius 2 is 1.96 bits per heavy atom. The highest BCUT2D eigenvalue weighted by atomic mass is 32.1. The number of pyridine rings is 1. The zero-order valence-electron chi connectivity index (χ0n) is 15.2. The van der Waals surface area contributed by atoms with E-state index in [0.29, 0.717) is 5.92 Å². The van der Waals surface area contributed by atoms with E-state index in [-0.39, 0.29) is 12.6 Å². The van der Waals surface area contributed by atoms with Gasteiger partial charge >= 0.3 is 0 Å². The first-order chi connectivity index (χ1) is 13.1. The van der Waals surface area contributed by atoms with E-state index in [1.807, 2.05) is 48.5 Å². The minimum atomic E-state index is -0.00975. The van der Waals surface area contributed by atoms with Crippen molar-refractivity contribution in [1.82, 2.24) is 9.97 Å². The number of aromatic nitrogens is 2. The van der Waals surface area contributed by atoms with Crippen LogP contribution in [0.3, 0.4) is 0 Å². The molecule has 4 rings (SSSR count). The lowest BCUT2D eigenvalue weighted by atomic mass is 10.1. The van der Waals surface area contributed by atoms with E-state index in [2.05, 4.69) is 29.1 Å². The third-order valence-electron chi connectivity index (χ3n) is 4.51. The van der Waals surface area contributed by atoms with Crippen molar-refractivity contribution in [3.8, 4) is 11.5 Å². The van der Waals surface area contributed by atoms with Gasteiger partial charge in [0.15, 0.2) is 5.13 Å². The molecule has 5 nitrogen and oxygen atoms in total. The van der Waals surface area contributed by atoms with Gasteiger partial charge in [-0.15, -0.1) is 0 Å². The van der Waals surface area contributed by atoms with E-state index in [0.717, 1.165) is 37.8 Å². The number of hydrogen-bond acceptors (Lipinski definition) is 6. The minimum Gasteiger partial charge on any atom is -0.457 e. The summed E-state index contributed by atoms with van der Waals surface area (Å²) in [6, 6.07) is 15.7. The zero-order valence-corrected chi connectivity index (χ0v) is 16.0. The summed E-state index contributed by atoms with van der Waals surface area (Å²) in [5.41, 5.74) is 1.82. The van der Waals surface area contributed by atoms with Gasteiger partial charge in [0.25, 0.3) is 0 Å². The van der Waals surface area contributed by atoms with Gasteiger partial charge in [-0.05, 0) is 36.2 Å². The van der Waals surface area contributed by atoms with Gasteiger partial charge in [0, 0.05) is 17.6 Å². The number of nitrogens with one attached hydrogen (secondary N) is 1. The topological polar surface area (TPSA) is 67.3 Å². The molecule has 0 unspecified atom stereocenters. The van der Waals surface area contributed by atoms with Crippen molar-refractivity contribution in [3.63, 3.8) is 0 Å². The maximum Gasteiger partial charge on any atom is 0.184 e. The second-order valence-corrected chi connectivity index (χ2v) is 7.78. The maximum absolute atomic E-state index is 9.52. The summed E-state index contributed by atoms with van der Waals surface area (Å²) in [6.07, 6.45) is 1.76. The molecule has 2 N–H and O–H groups in total. The van der Waals surface area contributed by atoms with Crippen molar-refractivity contribution in [1.29, 1.82) is 0 Å². The molecule has 0 spiro atoms. The number of fused-ring (bicyclic) bond motifs is 2. The lowest BCUT2D eigenvalue weighted by molar-refractivity contribution is 0.249. The number of nitrogens with zero attached hydrogens (tertiary/aromatic N) is 2. The maximum atomic E-state index is 9.52. The van der Waals surface area contributed by atoms with Crippen molar-refractivity contribution in [2.45, 2.75) is 19.9 Å². The van der Waals surface area contributed by atoms with Gasteiger partial charge in [-0.3, -0.25) is 4.98 Å². The van der Waals surface area contributed by atoms with Gasteiger partial charge in [0.2, 0.25) is 0 Å². The Bertz CT molecular complexity index is 1070. The molecular formula is C21H21N3O2S. The van der Waals surface area contributed by atoms with Crippen molar-refractivity contribution < 1.29 is 9.84 Å². The van der Waals surface area contributed by atoms with Crippen LogP contribution in [0.1, 0.15) is 13.8 Å². The average Bonchev–Trinajstić information content (AvgIpc) is 3.08. The Morgan fingerprint density at radius 1 is 1.11 bits per heavy atom. The highest BCUT2D eigenvalue weighted by Crippen LogP contribution is 2.33. The minimum absolute atomic E-state index is 0.00975. The number of benzene rings is 2. The normalized spacial score (nSPS) is 12.6. The van der Waals surface area contributed by atoms with Crippen molar-refractivity contribution >= 4 is 37.6 Å². The van der Waals surface area contributed by atoms with Crippen molar-refractivity contribution in [2.75, 3.05) is 11.9 Å². The molecule has 2 aromatic heterocycles. The van der Waals surface area contributed by atoms with E-state index < -0.39 is 0 Å². The fourth-order valence-electron chi connectivity index (χ4n) is 2.90. The van der Waals surface area contributed by atoms with Crippen LogP contribution in [0.25, 0.3) is 21.1 Å². The molecule has 0 aliphatic rings. The van der Waals surface area contributed by atoms with Gasteiger partial charge in [0.05, 0.1) is 28.4 Å². The van der Waals surface area contributed by atoms with Crippen LogP contribution in [-0.4, -0.2) is 27.7 Å². The monoisotopic (exact) mass is 379 g/mol. The van der Waals surface area contributed by atoms with E-state index >= 15 is 0 Å². The van der Waals surface area contributed by atoms with Gasteiger partial charge < -0.3 is 15.2 Å². The van der Waals surface area contributed by atoms with Crippen LogP contribution in [0.4, 0.5) is 5.13 Å². The van der Waals surface area contributed by atoms with Crippen LogP contribution in [0.2, 0.25) is 0 Å². The molecule has 138 valence electrons. The number of para-hydroxylation sites is 1. The van der Waals surface area contributed by atoms with Crippen molar-refractivity contribution in [2.24, 2.45) is 5.92 Å². The Morgan fingerprint density at radius 3 is 2.78 bits per heavy atom. The molecule has 0 aliphatic heterocycles. The summed E-state index contributed by atoms with van der Waals surface area (Å²) in [7, 11) is 0. The molecule has 0 amide bonds. The Balaban J connectivity index is 1.61. The summed E-state index contributed by atoms with van der Waals surface area (Å²) >= 11 is 1.56. The number of aliphatic hydroxyl groups is 1. The highest BCUT2D eigenvalue weighted by molar-refractivity contribution is 7.22. The molecule has 6 heteroatoms. The third-order valence-corrected chi connectivity index (χ3v) is 5.46. The number of rotatable bonds is 6. The SMILES string of the molecule is CC(C)[C@@H](CO)Nc1nc2ccc(Oc3ccnc4ccccc34)cc2s1. The summed E-state index contributed by atoms with van der Waals surface area (Å²) in [5, 5.41) is 14.6. The fraction of sp³-hybridized carbons (Fsp3) is 0.238. The molecule has 2 heterocycles. The molecule has 1 atom stereocenters. The quantitative estimate of drug-likeness (QED) is 0.490. The smallest absolute Gasteiger partial charge is 0.184 e. The van der Waals surface area contributed by atoms with Crippen LogP contribution >= 0.6 is 11.3 Å².